The second kappa shape index (κ2) is 5.63. The van der Waals surface area contributed by atoms with Crippen LogP contribution in [-0.4, -0.2) is 21.8 Å². The average molecular weight is 359 g/mol. The van der Waals surface area contributed by atoms with Crippen molar-refractivity contribution in [2.24, 2.45) is 0 Å². The monoisotopic (exact) mass is 358 g/mol. The fourth-order valence-corrected chi connectivity index (χ4v) is 3.39. The summed E-state index contributed by atoms with van der Waals surface area (Å²) in [6.07, 6.45) is 0.895. The maximum atomic E-state index is 12.9. The average Bonchev–Trinajstić information content (AvgIpc) is 3.41. The van der Waals surface area contributed by atoms with E-state index in [1.54, 1.807) is 29.2 Å². The number of rotatable bonds is 3. The molecule has 2 aromatic rings. The van der Waals surface area contributed by atoms with Crippen LogP contribution in [0.5, 0.6) is 5.75 Å². The van der Waals surface area contributed by atoms with Crippen LogP contribution in [0.25, 0.3) is 0 Å². The highest BCUT2D eigenvalue weighted by Crippen LogP contribution is 2.44. The van der Waals surface area contributed by atoms with E-state index >= 15 is 0 Å². The van der Waals surface area contributed by atoms with Crippen molar-refractivity contribution in [1.29, 1.82) is 0 Å². The zero-order chi connectivity index (χ0) is 17.7. The quantitative estimate of drug-likeness (QED) is 0.671. The summed E-state index contributed by atoms with van der Waals surface area (Å²) < 4.78 is 0. The second-order valence-corrected chi connectivity index (χ2v) is 6.57. The van der Waals surface area contributed by atoms with Crippen LogP contribution in [0.2, 0.25) is 5.02 Å². The van der Waals surface area contributed by atoms with E-state index in [2.05, 4.69) is 5.32 Å². The van der Waals surface area contributed by atoms with Crippen LogP contribution in [0.15, 0.2) is 36.4 Å². The zero-order valence-corrected chi connectivity index (χ0v) is 13.7. The predicted molar refractivity (Wildman–Crippen MR) is 89.5 cm³/mol. The molecule has 1 aliphatic heterocycles. The Morgan fingerprint density at radius 1 is 1.24 bits per heavy atom. The molecule has 8 heteroatoms. The lowest BCUT2D eigenvalue weighted by molar-refractivity contribution is -0.398. The number of fused-ring (bicyclic) bond motifs is 1. The van der Waals surface area contributed by atoms with E-state index in [0.29, 0.717) is 11.3 Å². The van der Waals surface area contributed by atoms with Crippen molar-refractivity contribution in [3.05, 3.63) is 62.7 Å². The van der Waals surface area contributed by atoms with Crippen molar-refractivity contribution in [2.75, 3.05) is 5.32 Å². The third kappa shape index (κ3) is 2.56. The molecule has 1 fully saturated rings. The molecule has 1 N–H and O–H groups in total. The summed E-state index contributed by atoms with van der Waals surface area (Å²) in [5, 5.41) is 27.0. The number of anilines is 1. The third-order valence-electron chi connectivity index (χ3n) is 4.46. The largest absolute Gasteiger partial charge is 0.868 e. The highest BCUT2D eigenvalue weighted by molar-refractivity contribution is 6.31. The Morgan fingerprint density at radius 2 is 1.96 bits per heavy atom. The molecule has 1 amide bonds. The molecule has 2 aliphatic rings. The summed E-state index contributed by atoms with van der Waals surface area (Å²) in [4.78, 5) is 24.9. The van der Waals surface area contributed by atoms with Gasteiger partial charge in [0.15, 0.2) is 0 Å². The van der Waals surface area contributed by atoms with Crippen molar-refractivity contribution < 1.29 is 14.8 Å². The van der Waals surface area contributed by atoms with Gasteiger partial charge in [0, 0.05) is 22.8 Å². The number of nitrogens with one attached hydrogen (secondary N) is 1. The minimum atomic E-state index is -0.778. The van der Waals surface area contributed by atoms with Crippen molar-refractivity contribution in [3.63, 3.8) is 0 Å². The molecule has 4 rings (SSSR count). The molecule has 1 atom stereocenters. The van der Waals surface area contributed by atoms with Crippen molar-refractivity contribution >= 4 is 28.9 Å². The van der Waals surface area contributed by atoms with Gasteiger partial charge in [-0.25, -0.2) is 0 Å². The van der Waals surface area contributed by atoms with Gasteiger partial charge in [-0.3, -0.25) is 14.9 Å². The van der Waals surface area contributed by atoms with Gasteiger partial charge in [-0.2, -0.15) is 0 Å². The molecule has 0 radical (unpaired) electrons. The molecule has 0 spiro atoms. The minimum absolute atomic E-state index is 0.00999. The van der Waals surface area contributed by atoms with Gasteiger partial charge in [-0.15, -0.1) is 0 Å². The summed E-state index contributed by atoms with van der Waals surface area (Å²) in [6, 6.07) is 9.45. The lowest BCUT2D eigenvalue weighted by atomic mass is 10.0. The van der Waals surface area contributed by atoms with E-state index in [4.69, 9.17) is 11.6 Å². The number of hydrogen-bond acceptors (Lipinski definition) is 5. The number of nitro benzene ring substituents is 1. The number of nitrogens with zero attached hydrogens (tertiary/aromatic N) is 2. The molecule has 1 aliphatic carbocycles. The first-order valence-corrected chi connectivity index (χ1v) is 8.18. The molecule has 128 valence electrons. The molecule has 1 heterocycles. The van der Waals surface area contributed by atoms with Gasteiger partial charge >= 0.3 is 0 Å². The first kappa shape index (κ1) is 15.7. The molecule has 0 aromatic heterocycles. The zero-order valence-electron chi connectivity index (χ0n) is 12.9. The van der Waals surface area contributed by atoms with E-state index in [-0.39, 0.29) is 22.5 Å². The van der Waals surface area contributed by atoms with E-state index in [0.717, 1.165) is 18.9 Å². The number of halogens is 1. The van der Waals surface area contributed by atoms with Crippen LogP contribution in [-0.2, 0) is 0 Å². The molecular weight excluding hydrogens is 346 g/mol. The Morgan fingerprint density at radius 3 is 2.64 bits per heavy atom. The third-order valence-corrected chi connectivity index (χ3v) is 4.67. The molecule has 0 saturated heterocycles. The molecule has 2 aromatic carbocycles. The van der Waals surface area contributed by atoms with E-state index in [1.807, 2.05) is 0 Å². The van der Waals surface area contributed by atoms with Crippen molar-refractivity contribution in [1.82, 2.24) is 4.90 Å². The summed E-state index contributed by atoms with van der Waals surface area (Å²) in [5.41, 5.74) is 0.631. The van der Waals surface area contributed by atoms with Crippen LogP contribution < -0.4 is 10.4 Å². The lowest BCUT2D eigenvalue weighted by Gasteiger charge is -2.39. The Bertz CT molecular complexity index is 897. The number of hydrogen-bond donors (Lipinski definition) is 1. The minimum Gasteiger partial charge on any atom is -0.868 e. The summed E-state index contributed by atoms with van der Waals surface area (Å²) >= 11 is 5.99. The Balaban J connectivity index is 1.87. The normalized spacial score (nSPS) is 19.3. The number of benzene rings is 2. The Hall–Kier alpha value is -2.80. The van der Waals surface area contributed by atoms with E-state index in [9.17, 15) is 20.0 Å². The fourth-order valence-electron chi connectivity index (χ4n) is 3.16. The summed E-state index contributed by atoms with van der Waals surface area (Å²) in [7, 11) is 0. The lowest BCUT2D eigenvalue weighted by Crippen LogP contribution is -2.44. The van der Waals surface area contributed by atoms with Crippen LogP contribution >= 0.6 is 11.6 Å². The molecule has 0 bridgehead atoms. The maximum Gasteiger partial charge on any atom is 0.263 e. The highest BCUT2D eigenvalue weighted by atomic mass is 35.5. The van der Waals surface area contributed by atoms with Crippen molar-refractivity contribution in [3.8, 4) is 5.75 Å². The van der Waals surface area contributed by atoms with E-state index in [1.165, 1.54) is 6.07 Å². The first-order chi connectivity index (χ1) is 12.0. The van der Waals surface area contributed by atoms with Crippen LogP contribution in [0.1, 0.15) is 34.9 Å². The fraction of sp³-hybridized carbons (Fsp3) is 0.235. The standard InChI is InChI=1S/C17H14ClN3O4/c18-9-7-12(15(22)14(8-9)21(24)25)16-19-13-4-2-1-3-11(13)17(23)20(16)10-5-6-10/h1-4,7-8,10,16,19,22H,5-6H2/p-1/t16-/m0/s1. The number of nitro groups is 1. The SMILES string of the molecule is O=C1c2ccccc2N[C@H](c2cc(Cl)cc([N+](=O)[O-])c2[O-])N1C1CC1. The number of para-hydroxylation sites is 1. The van der Waals surface area contributed by atoms with Crippen LogP contribution in [0.4, 0.5) is 11.4 Å². The molecule has 1 saturated carbocycles. The van der Waals surface area contributed by atoms with Gasteiger partial charge < -0.3 is 15.3 Å². The van der Waals surface area contributed by atoms with Crippen molar-refractivity contribution in [2.45, 2.75) is 25.0 Å². The maximum absolute atomic E-state index is 12.9. The number of amides is 1. The van der Waals surface area contributed by atoms with Gasteiger partial charge in [0.25, 0.3) is 11.6 Å². The van der Waals surface area contributed by atoms with Gasteiger partial charge in [-0.05, 0) is 42.4 Å². The molecule has 0 unspecified atom stereocenters. The number of carbonyl (C=O) groups is 1. The van der Waals surface area contributed by atoms with E-state index < -0.39 is 22.5 Å². The van der Waals surface area contributed by atoms with Crippen LogP contribution in [0.3, 0.4) is 0 Å². The van der Waals surface area contributed by atoms with Crippen LogP contribution in [0, 0.1) is 10.1 Å². The summed E-state index contributed by atoms with van der Waals surface area (Å²) in [6.45, 7) is 0. The van der Waals surface area contributed by atoms with Gasteiger partial charge in [0.1, 0.15) is 6.17 Å². The Labute approximate surface area is 148 Å². The van der Waals surface area contributed by atoms with Gasteiger partial charge in [-0.1, -0.05) is 23.7 Å². The molecule has 25 heavy (non-hydrogen) atoms. The van der Waals surface area contributed by atoms with Gasteiger partial charge in [0.2, 0.25) is 0 Å². The molecule has 7 nitrogen and oxygen atoms in total. The number of carbonyl (C=O) groups excluding carboxylic acids is 1. The predicted octanol–water partition coefficient (Wildman–Crippen LogP) is 3.05. The first-order valence-electron chi connectivity index (χ1n) is 7.80. The smallest absolute Gasteiger partial charge is 0.263 e. The summed E-state index contributed by atoms with van der Waals surface area (Å²) in [5.74, 6) is -0.923. The Kier molecular flexibility index (Phi) is 3.54. The second-order valence-electron chi connectivity index (χ2n) is 6.14. The highest BCUT2D eigenvalue weighted by Gasteiger charge is 2.42. The van der Waals surface area contributed by atoms with Gasteiger partial charge in [0.05, 0.1) is 10.5 Å². The molecular formula is C17H13ClN3O4-. The topological polar surface area (TPSA) is 98.5 Å².